The number of aliphatic hydroxyl groups is 1. The summed E-state index contributed by atoms with van der Waals surface area (Å²) in [5.41, 5.74) is 0. The summed E-state index contributed by atoms with van der Waals surface area (Å²) in [5.74, 6) is 1.14. The minimum atomic E-state index is -0.0150. The Morgan fingerprint density at radius 1 is 1.50 bits per heavy atom. The summed E-state index contributed by atoms with van der Waals surface area (Å²) < 4.78 is 0. The Morgan fingerprint density at radius 2 is 2.10 bits per heavy atom. The normalized spacial score (nSPS) is 25.5. The van der Waals surface area contributed by atoms with Gasteiger partial charge in [0.15, 0.2) is 0 Å². The molecule has 2 unspecified atom stereocenters. The topological polar surface area (TPSA) is 20.2 Å². The van der Waals surface area contributed by atoms with Gasteiger partial charge in [0.2, 0.25) is 0 Å². The van der Waals surface area contributed by atoms with E-state index in [2.05, 4.69) is 13.8 Å². The molecule has 60 valence electrons. The van der Waals surface area contributed by atoms with Gasteiger partial charge in [-0.15, -0.1) is 0 Å². The fourth-order valence-corrected chi connectivity index (χ4v) is 1.49. The monoisotopic (exact) mass is 142 g/mol. The maximum Gasteiger partial charge on any atom is 0.0593 e. The van der Waals surface area contributed by atoms with Crippen molar-refractivity contribution < 1.29 is 5.11 Å². The molecule has 1 saturated carbocycles. The highest BCUT2D eigenvalue weighted by Crippen LogP contribution is 2.33. The van der Waals surface area contributed by atoms with E-state index in [1.807, 2.05) is 0 Å². The highest BCUT2D eigenvalue weighted by molar-refractivity contribution is 4.79. The Hall–Kier alpha value is -0.0400. The largest absolute Gasteiger partial charge is 0.393 e. The molecule has 0 saturated heterocycles. The Balaban J connectivity index is 2.24. The van der Waals surface area contributed by atoms with Gasteiger partial charge in [0.05, 0.1) is 6.10 Å². The second kappa shape index (κ2) is 3.38. The minimum absolute atomic E-state index is 0.0150. The number of aliphatic hydroxyl groups excluding tert-OH is 1. The van der Waals surface area contributed by atoms with Crippen LogP contribution in [0.15, 0.2) is 0 Å². The Labute approximate surface area is 63.4 Å². The van der Waals surface area contributed by atoms with Crippen LogP contribution in [0, 0.1) is 11.8 Å². The van der Waals surface area contributed by atoms with Crippen molar-refractivity contribution in [3.8, 4) is 0 Å². The van der Waals surface area contributed by atoms with Gasteiger partial charge in [-0.2, -0.15) is 0 Å². The summed E-state index contributed by atoms with van der Waals surface area (Å²) in [4.78, 5) is 0. The third-order valence-electron chi connectivity index (χ3n) is 2.86. The van der Waals surface area contributed by atoms with Crippen molar-refractivity contribution in [1.29, 1.82) is 0 Å². The smallest absolute Gasteiger partial charge is 0.0593 e. The van der Waals surface area contributed by atoms with Crippen LogP contribution in [0.1, 0.15) is 39.5 Å². The van der Waals surface area contributed by atoms with Crippen LogP contribution in [0.3, 0.4) is 0 Å². The molecule has 0 aliphatic heterocycles. The molecule has 0 aromatic heterocycles. The van der Waals surface area contributed by atoms with E-state index in [-0.39, 0.29) is 6.10 Å². The van der Waals surface area contributed by atoms with Crippen molar-refractivity contribution in [2.45, 2.75) is 45.6 Å². The molecular weight excluding hydrogens is 124 g/mol. The van der Waals surface area contributed by atoms with Crippen molar-refractivity contribution in [2.24, 2.45) is 11.8 Å². The van der Waals surface area contributed by atoms with Crippen molar-refractivity contribution >= 4 is 0 Å². The van der Waals surface area contributed by atoms with Gasteiger partial charge >= 0.3 is 0 Å². The highest BCUT2D eigenvalue weighted by atomic mass is 16.3. The Bertz CT molecular complexity index is 92.1. The summed E-state index contributed by atoms with van der Waals surface area (Å²) >= 11 is 0. The maximum absolute atomic E-state index is 9.64. The predicted molar refractivity (Wildman–Crippen MR) is 42.8 cm³/mol. The predicted octanol–water partition coefficient (Wildman–Crippen LogP) is 2.19. The van der Waals surface area contributed by atoms with Gasteiger partial charge in [0, 0.05) is 0 Å². The lowest BCUT2D eigenvalue weighted by Crippen LogP contribution is -2.31. The molecule has 1 aliphatic carbocycles. The van der Waals surface area contributed by atoms with Crippen molar-refractivity contribution in [2.75, 3.05) is 0 Å². The van der Waals surface area contributed by atoms with Gasteiger partial charge in [-0.1, -0.05) is 26.7 Å². The summed E-state index contributed by atoms with van der Waals surface area (Å²) in [5, 5.41) is 9.64. The second-order valence-electron chi connectivity index (χ2n) is 3.57. The SMILES string of the molecule is CCC(C)C(O)C1CCC1. The van der Waals surface area contributed by atoms with Gasteiger partial charge in [-0.25, -0.2) is 0 Å². The molecule has 0 radical (unpaired) electrons. The number of hydrogen-bond donors (Lipinski definition) is 1. The zero-order valence-corrected chi connectivity index (χ0v) is 7.01. The van der Waals surface area contributed by atoms with Gasteiger partial charge < -0.3 is 5.11 Å². The van der Waals surface area contributed by atoms with Crippen LogP contribution in [0.2, 0.25) is 0 Å². The van der Waals surface area contributed by atoms with Gasteiger partial charge in [0.25, 0.3) is 0 Å². The first-order valence-corrected chi connectivity index (χ1v) is 4.43. The number of hydrogen-bond acceptors (Lipinski definition) is 1. The molecule has 2 atom stereocenters. The third kappa shape index (κ3) is 1.51. The quantitative estimate of drug-likeness (QED) is 0.640. The van der Waals surface area contributed by atoms with E-state index in [0.717, 1.165) is 6.42 Å². The Morgan fingerprint density at radius 3 is 2.40 bits per heavy atom. The van der Waals surface area contributed by atoms with Crippen molar-refractivity contribution in [1.82, 2.24) is 0 Å². The average Bonchev–Trinajstić information content (AvgIpc) is 1.82. The molecule has 1 nitrogen and oxygen atoms in total. The van der Waals surface area contributed by atoms with E-state index in [1.54, 1.807) is 0 Å². The number of rotatable bonds is 3. The van der Waals surface area contributed by atoms with Crippen LogP contribution in [-0.4, -0.2) is 11.2 Å². The minimum Gasteiger partial charge on any atom is -0.393 e. The van der Waals surface area contributed by atoms with Crippen LogP contribution >= 0.6 is 0 Å². The standard InChI is InChI=1S/C9H18O/c1-3-7(2)9(10)8-5-4-6-8/h7-10H,3-6H2,1-2H3. The van der Waals surface area contributed by atoms with Crippen LogP contribution in [0.5, 0.6) is 0 Å². The lowest BCUT2D eigenvalue weighted by Gasteiger charge is -2.33. The molecule has 0 aromatic rings. The molecule has 1 aliphatic rings. The fourth-order valence-electron chi connectivity index (χ4n) is 1.49. The maximum atomic E-state index is 9.64. The second-order valence-corrected chi connectivity index (χ2v) is 3.57. The molecule has 0 amide bonds. The van der Waals surface area contributed by atoms with E-state index in [9.17, 15) is 5.11 Å². The first kappa shape index (κ1) is 8.06. The molecule has 0 heterocycles. The lowest BCUT2D eigenvalue weighted by atomic mass is 9.76. The zero-order chi connectivity index (χ0) is 7.56. The highest BCUT2D eigenvalue weighted by Gasteiger charge is 2.28. The third-order valence-corrected chi connectivity index (χ3v) is 2.86. The van der Waals surface area contributed by atoms with Gasteiger partial charge in [0.1, 0.15) is 0 Å². The van der Waals surface area contributed by atoms with Crippen LogP contribution in [0.4, 0.5) is 0 Å². The van der Waals surface area contributed by atoms with E-state index in [1.165, 1.54) is 19.3 Å². The van der Waals surface area contributed by atoms with E-state index < -0.39 is 0 Å². The molecule has 1 rings (SSSR count). The van der Waals surface area contributed by atoms with Crippen molar-refractivity contribution in [3.05, 3.63) is 0 Å². The van der Waals surface area contributed by atoms with E-state index >= 15 is 0 Å². The molecule has 0 bridgehead atoms. The zero-order valence-electron chi connectivity index (χ0n) is 7.01. The van der Waals surface area contributed by atoms with E-state index in [0.29, 0.717) is 11.8 Å². The van der Waals surface area contributed by atoms with Crippen LogP contribution in [-0.2, 0) is 0 Å². The summed E-state index contributed by atoms with van der Waals surface area (Å²) in [6, 6.07) is 0. The summed E-state index contributed by atoms with van der Waals surface area (Å²) in [7, 11) is 0. The average molecular weight is 142 g/mol. The molecule has 10 heavy (non-hydrogen) atoms. The van der Waals surface area contributed by atoms with Gasteiger partial charge in [-0.05, 0) is 24.7 Å². The molecular formula is C9H18O. The van der Waals surface area contributed by atoms with E-state index in [4.69, 9.17) is 0 Å². The fraction of sp³-hybridized carbons (Fsp3) is 1.00. The molecule has 1 N–H and O–H groups in total. The first-order chi connectivity index (χ1) is 4.75. The van der Waals surface area contributed by atoms with Gasteiger partial charge in [-0.3, -0.25) is 0 Å². The van der Waals surface area contributed by atoms with Crippen LogP contribution < -0.4 is 0 Å². The lowest BCUT2D eigenvalue weighted by molar-refractivity contribution is 0.0197. The van der Waals surface area contributed by atoms with Crippen molar-refractivity contribution in [3.63, 3.8) is 0 Å². The first-order valence-electron chi connectivity index (χ1n) is 4.43. The molecule has 1 heteroatoms. The molecule has 1 fully saturated rings. The van der Waals surface area contributed by atoms with Crippen LogP contribution in [0.25, 0.3) is 0 Å². The molecule has 0 aromatic carbocycles. The Kier molecular flexibility index (Phi) is 2.72. The molecule has 0 spiro atoms. The summed E-state index contributed by atoms with van der Waals surface area (Å²) in [6.45, 7) is 4.29. The summed E-state index contributed by atoms with van der Waals surface area (Å²) in [6.07, 6.45) is 4.94.